The molecule has 7 nitrogen and oxygen atoms in total. The van der Waals surface area contributed by atoms with Crippen molar-refractivity contribution < 1.29 is 9.21 Å². The number of aryl methyl sites for hydroxylation is 1. The molecule has 5 rings (SSSR count). The van der Waals surface area contributed by atoms with Crippen molar-refractivity contribution >= 4 is 35.0 Å². The number of hydrogen-bond acceptors (Lipinski definition) is 6. The van der Waals surface area contributed by atoms with E-state index in [4.69, 9.17) is 21.1 Å². The first-order chi connectivity index (χ1) is 16.5. The first-order valence-corrected chi connectivity index (χ1v) is 12.1. The van der Waals surface area contributed by atoms with Crippen LogP contribution in [0.15, 0.2) is 81.6 Å². The molecule has 4 aromatic rings. The fraction of sp³-hybridized carbons (Fsp3) is 0.200. The van der Waals surface area contributed by atoms with Crippen LogP contribution < -0.4 is 0 Å². The maximum Gasteiger partial charge on any atom is 0.253 e. The average molecular weight is 492 g/mol. The Bertz CT molecular complexity index is 1350. The van der Waals surface area contributed by atoms with Crippen LogP contribution in [0.5, 0.6) is 0 Å². The smallest absolute Gasteiger partial charge is 0.253 e. The molecule has 0 spiro atoms. The van der Waals surface area contributed by atoms with Crippen LogP contribution in [0, 0.1) is 6.92 Å². The molecule has 2 aromatic heterocycles. The van der Waals surface area contributed by atoms with E-state index >= 15 is 0 Å². The summed E-state index contributed by atoms with van der Waals surface area (Å²) >= 11 is 7.64. The van der Waals surface area contributed by atoms with E-state index in [2.05, 4.69) is 10.2 Å². The minimum absolute atomic E-state index is 0.129. The van der Waals surface area contributed by atoms with Gasteiger partial charge in [-0.25, -0.2) is 5.01 Å². The lowest BCUT2D eigenvalue weighted by Crippen LogP contribution is -2.28. The topological polar surface area (TPSA) is 76.5 Å². The molecular weight excluding hydrogens is 470 g/mol. The van der Waals surface area contributed by atoms with Gasteiger partial charge in [0.1, 0.15) is 11.8 Å². The normalized spacial score (nSPS) is 15.6. The lowest BCUT2D eigenvalue weighted by molar-refractivity contribution is -0.130. The second-order valence-corrected chi connectivity index (χ2v) is 9.37. The number of hydrazone groups is 1. The van der Waals surface area contributed by atoms with Crippen LogP contribution in [0.1, 0.15) is 29.3 Å². The van der Waals surface area contributed by atoms with Gasteiger partial charge in [0.15, 0.2) is 11.0 Å². The number of rotatable bonds is 6. The van der Waals surface area contributed by atoms with Gasteiger partial charge in [-0.1, -0.05) is 65.3 Å². The van der Waals surface area contributed by atoms with Crippen molar-refractivity contribution in [2.75, 3.05) is 5.75 Å². The molecule has 0 radical (unpaired) electrons. The molecule has 0 aliphatic carbocycles. The van der Waals surface area contributed by atoms with E-state index in [-0.39, 0.29) is 17.7 Å². The van der Waals surface area contributed by atoms with Gasteiger partial charge in [-0.3, -0.25) is 4.79 Å². The fourth-order valence-electron chi connectivity index (χ4n) is 3.87. The Morgan fingerprint density at radius 2 is 1.91 bits per heavy atom. The summed E-state index contributed by atoms with van der Waals surface area (Å²) in [6, 6.07) is 19.1. The number of halogens is 1. The number of carbonyl (C=O) groups is 1. The molecule has 0 saturated carbocycles. The van der Waals surface area contributed by atoms with Gasteiger partial charge in [0.05, 0.1) is 22.8 Å². The lowest BCUT2D eigenvalue weighted by Gasteiger charge is -2.19. The Balaban J connectivity index is 1.35. The van der Waals surface area contributed by atoms with Gasteiger partial charge in [0, 0.05) is 19.0 Å². The van der Waals surface area contributed by atoms with Crippen molar-refractivity contribution in [3.05, 3.63) is 88.8 Å². The quantitative estimate of drug-likeness (QED) is 0.332. The van der Waals surface area contributed by atoms with E-state index in [1.165, 1.54) is 22.3 Å². The van der Waals surface area contributed by atoms with E-state index in [9.17, 15) is 4.79 Å². The molecule has 0 N–H and O–H groups in total. The second-order valence-electron chi connectivity index (χ2n) is 8.02. The summed E-state index contributed by atoms with van der Waals surface area (Å²) < 4.78 is 7.48. The molecule has 0 bridgehead atoms. The summed E-state index contributed by atoms with van der Waals surface area (Å²) in [4.78, 5) is 13.3. The Kier molecular flexibility index (Phi) is 6.26. The summed E-state index contributed by atoms with van der Waals surface area (Å²) in [6.45, 7) is 2.04. The first-order valence-electron chi connectivity index (χ1n) is 10.8. The standard InChI is InChI=1S/C25H22ClN5O2S/c1-16-9-11-17(12-10-16)20-14-21(22-8-5-13-33-22)31(29-20)23(32)15-34-25-28-27-24(30(25)2)18-6-3-4-7-19(18)26/h3-13,21H,14-15H2,1-2H3/t21-/m0/s1. The van der Waals surface area contributed by atoms with E-state index in [0.29, 0.717) is 28.2 Å². The van der Waals surface area contributed by atoms with Gasteiger partial charge >= 0.3 is 0 Å². The number of hydrogen-bond donors (Lipinski definition) is 0. The number of benzene rings is 2. The third-order valence-electron chi connectivity index (χ3n) is 5.70. The minimum Gasteiger partial charge on any atom is -0.467 e. The molecule has 0 unspecified atom stereocenters. The maximum absolute atomic E-state index is 13.3. The SMILES string of the molecule is Cc1ccc(C2=NN(C(=O)CSc3nnc(-c4ccccc4Cl)n3C)[C@H](c3ccco3)C2)cc1. The molecule has 1 aliphatic rings. The maximum atomic E-state index is 13.3. The summed E-state index contributed by atoms with van der Waals surface area (Å²) in [5.74, 6) is 1.39. The summed E-state index contributed by atoms with van der Waals surface area (Å²) in [7, 11) is 1.86. The Morgan fingerprint density at radius 3 is 2.65 bits per heavy atom. The number of carbonyl (C=O) groups excluding carboxylic acids is 1. The zero-order chi connectivity index (χ0) is 23.7. The van der Waals surface area contributed by atoms with Gasteiger partial charge in [-0.15, -0.1) is 10.2 Å². The van der Waals surface area contributed by atoms with Gasteiger partial charge in [0.2, 0.25) is 0 Å². The average Bonchev–Trinajstić information content (AvgIpc) is 3.59. The van der Waals surface area contributed by atoms with Crippen molar-refractivity contribution in [2.45, 2.75) is 24.5 Å². The minimum atomic E-state index is -0.280. The Labute approximate surface area is 206 Å². The highest BCUT2D eigenvalue weighted by atomic mass is 35.5. The Morgan fingerprint density at radius 1 is 1.12 bits per heavy atom. The third-order valence-corrected chi connectivity index (χ3v) is 7.03. The fourth-order valence-corrected chi connectivity index (χ4v) is 4.86. The van der Waals surface area contributed by atoms with Gasteiger partial charge in [0.25, 0.3) is 5.91 Å². The first kappa shape index (κ1) is 22.4. The van der Waals surface area contributed by atoms with Crippen LogP contribution in [-0.2, 0) is 11.8 Å². The number of furan rings is 1. The van der Waals surface area contributed by atoms with E-state index in [1.807, 2.05) is 79.2 Å². The number of nitrogens with zero attached hydrogens (tertiary/aromatic N) is 5. The number of amides is 1. The van der Waals surface area contributed by atoms with Crippen LogP contribution >= 0.6 is 23.4 Å². The van der Waals surface area contributed by atoms with E-state index in [1.54, 1.807) is 6.26 Å². The van der Waals surface area contributed by atoms with Gasteiger partial charge < -0.3 is 8.98 Å². The van der Waals surface area contributed by atoms with Gasteiger partial charge in [-0.2, -0.15) is 5.10 Å². The highest BCUT2D eigenvalue weighted by Crippen LogP contribution is 2.34. The molecule has 2 aromatic carbocycles. The van der Waals surface area contributed by atoms with Gasteiger partial charge in [-0.05, 0) is 36.8 Å². The number of aromatic nitrogens is 3. The lowest BCUT2D eigenvalue weighted by atomic mass is 10.0. The molecule has 34 heavy (non-hydrogen) atoms. The Hall–Kier alpha value is -3.36. The molecule has 0 fully saturated rings. The van der Waals surface area contributed by atoms with Crippen LogP contribution in [0.25, 0.3) is 11.4 Å². The zero-order valence-corrected chi connectivity index (χ0v) is 20.3. The molecule has 1 atom stereocenters. The molecule has 1 amide bonds. The summed E-state index contributed by atoms with van der Waals surface area (Å²) in [5, 5.41) is 16.0. The highest BCUT2D eigenvalue weighted by molar-refractivity contribution is 7.99. The third kappa shape index (κ3) is 4.38. The van der Waals surface area contributed by atoms with Crippen LogP contribution in [0.2, 0.25) is 5.02 Å². The molecule has 1 aliphatic heterocycles. The van der Waals surface area contributed by atoms with Crippen molar-refractivity contribution in [1.29, 1.82) is 0 Å². The summed E-state index contributed by atoms with van der Waals surface area (Å²) in [6.07, 6.45) is 2.21. The molecule has 3 heterocycles. The molecule has 0 saturated heterocycles. The summed E-state index contributed by atoms with van der Waals surface area (Å²) in [5.41, 5.74) is 3.83. The van der Waals surface area contributed by atoms with Crippen molar-refractivity contribution in [1.82, 2.24) is 19.8 Å². The van der Waals surface area contributed by atoms with Crippen LogP contribution in [0.4, 0.5) is 0 Å². The number of thioether (sulfide) groups is 1. The second kappa shape index (κ2) is 9.48. The van der Waals surface area contributed by atoms with Crippen LogP contribution in [-0.4, -0.2) is 37.1 Å². The molecular formula is C25H22ClN5O2S. The molecule has 9 heteroatoms. The predicted octanol–water partition coefficient (Wildman–Crippen LogP) is 5.51. The van der Waals surface area contributed by atoms with E-state index in [0.717, 1.165) is 16.8 Å². The van der Waals surface area contributed by atoms with Crippen molar-refractivity contribution in [3.63, 3.8) is 0 Å². The van der Waals surface area contributed by atoms with Crippen molar-refractivity contribution in [2.24, 2.45) is 12.1 Å². The predicted molar refractivity (Wildman–Crippen MR) is 133 cm³/mol. The van der Waals surface area contributed by atoms with Crippen LogP contribution in [0.3, 0.4) is 0 Å². The highest BCUT2D eigenvalue weighted by Gasteiger charge is 2.35. The van der Waals surface area contributed by atoms with Crippen molar-refractivity contribution in [3.8, 4) is 11.4 Å². The molecule has 172 valence electrons. The largest absolute Gasteiger partial charge is 0.467 e. The van der Waals surface area contributed by atoms with E-state index < -0.39 is 0 Å². The zero-order valence-electron chi connectivity index (χ0n) is 18.7. The monoisotopic (exact) mass is 491 g/mol.